The SMILES string of the molecule is C=Cc1ccc(-c2cnc(-c3ccccc3)o2)cc1. The number of benzene rings is 2. The lowest BCUT2D eigenvalue weighted by Crippen LogP contribution is -1.75. The van der Waals surface area contributed by atoms with Crippen molar-refractivity contribution in [3.05, 3.63) is 72.9 Å². The molecule has 0 fully saturated rings. The molecule has 2 nitrogen and oxygen atoms in total. The van der Waals surface area contributed by atoms with Gasteiger partial charge in [-0.3, -0.25) is 0 Å². The maximum atomic E-state index is 5.79. The highest BCUT2D eigenvalue weighted by atomic mass is 16.4. The molecule has 0 amide bonds. The molecule has 1 aromatic heterocycles. The first-order valence-electron chi connectivity index (χ1n) is 6.11. The van der Waals surface area contributed by atoms with Gasteiger partial charge in [-0.2, -0.15) is 0 Å². The third-order valence-corrected chi connectivity index (χ3v) is 2.96. The maximum Gasteiger partial charge on any atom is 0.226 e. The van der Waals surface area contributed by atoms with E-state index in [1.807, 2.05) is 60.7 Å². The maximum absolute atomic E-state index is 5.79. The molecule has 2 heteroatoms. The molecule has 0 radical (unpaired) electrons. The second-order valence-corrected chi connectivity index (χ2v) is 4.22. The van der Waals surface area contributed by atoms with E-state index < -0.39 is 0 Å². The normalized spacial score (nSPS) is 10.3. The molecule has 0 saturated heterocycles. The van der Waals surface area contributed by atoms with Crippen LogP contribution in [-0.4, -0.2) is 4.98 Å². The van der Waals surface area contributed by atoms with Crippen molar-refractivity contribution in [3.8, 4) is 22.8 Å². The van der Waals surface area contributed by atoms with Crippen LogP contribution in [0.4, 0.5) is 0 Å². The average molecular weight is 247 g/mol. The van der Waals surface area contributed by atoms with Crippen LogP contribution in [0.3, 0.4) is 0 Å². The van der Waals surface area contributed by atoms with Gasteiger partial charge in [0.05, 0.1) is 6.20 Å². The fraction of sp³-hybridized carbons (Fsp3) is 0. The van der Waals surface area contributed by atoms with Crippen LogP contribution in [0.5, 0.6) is 0 Å². The fourth-order valence-electron chi connectivity index (χ4n) is 1.91. The summed E-state index contributed by atoms with van der Waals surface area (Å²) >= 11 is 0. The summed E-state index contributed by atoms with van der Waals surface area (Å²) in [6.07, 6.45) is 3.57. The van der Waals surface area contributed by atoms with Crippen molar-refractivity contribution in [3.63, 3.8) is 0 Å². The molecule has 0 aliphatic heterocycles. The van der Waals surface area contributed by atoms with Crippen molar-refractivity contribution in [2.24, 2.45) is 0 Å². The number of rotatable bonds is 3. The van der Waals surface area contributed by atoms with Gasteiger partial charge in [-0.1, -0.05) is 55.1 Å². The van der Waals surface area contributed by atoms with Crippen LogP contribution < -0.4 is 0 Å². The molecule has 0 spiro atoms. The van der Waals surface area contributed by atoms with Crippen LogP contribution in [0.1, 0.15) is 5.56 Å². The summed E-state index contributed by atoms with van der Waals surface area (Å²) in [6, 6.07) is 17.9. The van der Waals surface area contributed by atoms with Crippen LogP contribution >= 0.6 is 0 Å². The van der Waals surface area contributed by atoms with Gasteiger partial charge >= 0.3 is 0 Å². The minimum Gasteiger partial charge on any atom is -0.436 e. The van der Waals surface area contributed by atoms with Crippen molar-refractivity contribution >= 4 is 6.08 Å². The molecule has 92 valence electrons. The van der Waals surface area contributed by atoms with E-state index in [2.05, 4.69) is 11.6 Å². The van der Waals surface area contributed by atoms with Crippen LogP contribution in [0, 0.1) is 0 Å². The van der Waals surface area contributed by atoms with E-state index in [0.29, 0.717) is 5.89 Å². The zero-order valence-electron chi connectivity index (χ0n) is 10.4. The van der Waals surface area contributed by atoms with E-state index in [0.717, 1.165) is 22.5 Å². The molecule has 0 N–H and O–H groups in total. The first-order valence-corrected chi connectivity index (χ1v) is 6.11. The lowest BCUT2D eigenvalue weighted by Gasteiger charge is -1.97. The predicted molar refractivity (Wildman–Crippen MR) is 77.5 cm³/mol. The van der Waals surface area contributed by atoms with Crippen LogP contribution in [0.2, 0.25) is 0 Å². The van der Waals surface area contributed by atoms with Gasteiger partial charge in [0.25, 0.3) is 0 Å². The lowest BCUT2D eigenvalue weighted by molar-refractivity contribution is 0.589. The summed E-state index contributed by atoms with van der Waals surface area (Å²) < 4.78 is 5.79. The summed E-state index contributed by atoms with van der Waals surface area (Å²) in [4.78, 5) is 4.32. The van der Waals surface area contributed by atoms with Gasteiger partial charge in [0.2, 0.25) is 5.89 Å². The lowest BCUT2D eigenvalue weighted by atomic mass is 10.1. The average Bonchev–Trinajstić information content (AvgIpc) is 2.98. The van der Waals surface area contributed by atoms with Crippen molar-refractivity contribution in [2.75, 3.05) is 0 Å². The summed E-state index contributed by atoms with van der Waals surface area (Å²) in [6.45, 7) is 3.74. The topological polar surface area (TPSA) is 26.0 Å². The van der Waals surface area contributed by atoms with Gasteiger partial charge < -0.3 is 4.42 Å². The van der Waals surface area contributed by atoms with Crippen LogP contribution in [0.25, 0.3) is 28.9 Å². The van der Waals surface area contributed by atoms with E-state index in [1.54, 1.807) is 6.20 Å². The Balaban J connectivity index is 1.94. The molecular formula is C17H13NO. The highest BCUT2D eigenvalue weighted by Gasteiger charge is 2.07. The molecule has 19 heavy (non-hydrogen) atoms. The largest absolute Gasteiger partial charge is 0.436 e. The Morgan fingerprint density at radius 3 is 2.32 bits per heavy atom. The monoisotopic (exact) mass is 247 g/mol. The molecule has 3 rings (SSSR count). The van der Waals surface area contributed by atoms with Crippen molar-refractivity contribution in [1.29, 1.82) is 0 Å². The minimum atomic E-state index is 0.642. The smallest absolute Gasteiger partial charge is 0.226 e. The Hall–Kier alpha value is -2.61. The summed E-state index contributed by atoms with van der Waals surface area (Å²) in [5.74, 6) is 1.41. The van der Waals surface area contributed by atoms with Gasteiger partial charge in [-0.25, -0.2) is 4.98 Å². The van der Waals surface area contributed by atoms with Gasteiger partial charge in [0.15, 0.2) is 5.76 Å². The number of aromatic nitrogens is 1. The number of oxazole rings is 1. The Labute approximate surface area is 112 Å². The molecule has 0 unspecified atom stereocenters. The second kappa shape index (κ2) is 4.94. The highest BCUT2D eigenvalue weighted by molar-refractivity contribution is 5.63. The Morgan fingerprint density at radius 1 is 0.895 bits per heavy atom. The molecule has 0 bridgehead atoms. The number of hydrogen-bond donors (Lipinski definition) is 0. The van der Waals surface area contributed by atoms with Gasteiger partial charge in [-0.05, 0) is 17.7 Å². The zero-order chi connectivity index (χ0) is 13.1. The van der Waals surface area contributed by atoms with Crippen molar-refractivity contribution in [2.45, 2.75) is 0 Å². The molecule has 1 heterocycles. The van der Waals surface area contributed by atoms with E-state index in [1.165, 1.54) is 0 Å². The van der Waals surface area contributed by atoms with E-state index >= 15 is 0 Å². The molecule has 0 saturated carbocycles. The van der Waals surface area contributed by atoms with Crippen LogP contribution in [-0.2, 0) is 0 Å². The third-order valence-electron chi connectivity index (χ3n) is 2.96. The van der Waals surface area contributed by atoms with E-state index in [9.17, 15) is 0 Å². The Kier molecular flexibility index (Phi) is 2.99. The predicted octanol–water partition coefficient (Wildman–Crippen LogP) is 4.65. The molecular weight excluding hydrogens is 234 g/mol. The summed E-state index contributed by atoms with van der Waals surface area (Å²) in [5.41, 5.74) is 3.09. The molecule has 3 aromatic rings. The summed E-state index contributed by atoms with van der Waals surface area (Å²) in [7, 11) is 0. The fourth-order valence-corrected chi connectivity index (χ4v) is 1.91. The highest BCUT2D eigenvalue weighted by Crippen LogP contribution is 2.26. The zero-order valence-corrected chi connectivity index (χ0v) is 10.4. The third kappa shape index (κ3) is 2.33. The first kappa shape index (κ1) is 11.5. The molecule has 0 atom stereocenters. The molecule has 0 aliphatic rings. The quantitative estimate of drug-likeness (QED) is 0.673. The minimum absolute atomic E-state index is 0.642. The van der Waals surface area contributed by atoms with Gasteiger partial charge in [0, 0.05) is 11.1 Å². The number of hydrogen-bond acceptors (Lipinski definition) is 2. The van der Waals surface area contributed by atoms with Crippen molar-refractivity contribution < 1.29 is 4.42 Å². The molecule has 0 aliphatic carbocycles. The van der Waals surface area contributed by atoms with E-state index in [4.69, 9.17) is 4.42 Å². The molecule has 2 aromatic carbocycles. The number of nitrogens with zero attached hydrogens (tertiary/aromatic N) is 1. The summed E-state index contributed by atoms with van der Waals surface area (Å²) in [5, 5.41) is 0. The van der Waals surface area contributed by atoms with Crippen LogP contribution in [0.15, 0.2) is 71.8 Å². The van der Waals surface area contributed by atoms with Crippen molar-refractivity contribution in [1.82, 2.24) is 4.98 Å². The van der Waals surface area contributed by atoms with Gasteiger partial charge in [-0.15, -0.1) is 0 Å². The first-order chi connectivity index (χ1) is 9.36. The van der Waals surface area contributed by atoms with E-state index in [-0.39, 0.29) is 0 Å². The second-order valence-electron chi connectivity index (χ2n) is 4.22. The van der Waals surface area contributed by atoms with Gasteiger partial charge in [0.1, 0.15) is 0 Å². The Bertz CT molecular complexity index is 681. The standard InChI is InChI=1S/C17H13NO/c1-2-13-8-10-14(11-9-13)16-12-18-17(19-16)15-6-4-3-5-7-15/h2-12H,1H2. The Morgan fingerprint density at radius 2 is 1.63 bits per heavy atom.